The average Bonchev–Trinajstić information content (AvgIpc) is 3.57. The number of ether oxygens (including phenoxy) is 3. The van der Waals surface area contributed by atoms with Crippen LogP contribution in [0.3, 0.4) is 0 Å². The zero-order chi connectivity index (χ0) is 24.7. The Bertz CT molecular complexity index is 1190. The van der Waals surface area contributed by atoms with Crippen LogP contribution in [0, 0.1) is 12.3 Å². The molecule has 1 fully saturated rings. The van der Waals surface area contributed by atoms with Crippen LogP contribution in [0.15, 0.2) is 24.3 Å². The third-order valence-electron chi connectivity index (χ3n) is 6.45. The summed E-state index contributed by atoms with van der Waals surface area (Å²) in [6.07, 6.45) is 7.97. The number of terminal acetylenes is 1. The first-order valence-corrected chi connectivity index (χ1v) is 11.1. The van der Waals surface area contributed by atoms with Gasteiger partial charge in [0.2, 0.25) is 5.91 Å². The molecule has 0 unspecified atom stereocenters. The van der Waals surface area contributed by atoms with Crippen molar-refractivity contribution in [1.29, 1.82) is 0 Å². The van der Waals surface area contributed by atoms with Crippen LogP contribution in [0.25, 0.3) is 0 Å². The molecule has 178 valence electrons. The molecule has 2 aliphatic rings. The SMILES string of the molecule is C#Cc1nc([C@@](C)(O)CCC(=O)c2ccc(OC3CC3)c(OC)c2)cc2c1OC[C@]2(C)C(N)=O. The summed E-state index contributed by atoms with van der Waals surface area (Å²) in [4.78, 5) is 29.4. The molecule has 1 amide bonds. The molecule has 1 aromatic carbocycles. The van der Waals surface area contributed by atoms with Gasteiger partial charge in [0.15, 0.2) is 28.7 Å². The summed E-state index contributed by atoms with van der Waals surface area (Å²) in [7, 11) is 1.53. The van der Waals surface area contributed by atoms with E-state index in [1.807, 2.05) is 0 Å². The number of primary amides is 1. The predicted molar refractivity (Wildman–Crippen MR) is 124 cm³/mol. The molecule has 8 nitrogen and oxygen atoms in total. The largest absolute Gasteiger partial charge is 0.493 e. The van der Waals surface area contributed by atoms with Gasteiger partial charge >= 0.3 is 0 Å². The van der Waals surface area contributed by atoms with E-state index in [4.69, 9.17) is 26.4 Å². The van der Waals surface area contributed by atoms with E-state index in [0.29, 0.717) is 28.4 Å². The lowest BCUT2D eigenvalue weighted by molar-refractivity contribution is -0.123. The number of fused-ring (bicyclic) bond motifs is 1. The van der Waals surface area contributed by atoms with E-state index in [9.17, 15) is 14.7 Å². The minimum absolute atomic E-state index is 0.0421. The summed E-state index contributed by atoms with van der Waals surface area (Å²) in [5.41, 5.74) is 4.39. The second kappa shape index (κ2) is 8.65. The van der Waals surface area contributed by atoms with Crippen LogP contribution in [-0.4, -0.2) is 41.6 Å². The molecule has 0 radical (unpaired) electrons. The molecular weight excluding hydrogens is 436 g/mol. The number of carbonyl (C=O) groups is 2. The normalized spacial score (nSPS) is 20.4. The number of carbonyl (C=O) groups excluding carboxylic acids is 2. The monoisotopic (exact) mass is 464 g/mol. The van der Waals surface area contributed by atoms with Gasteiger partial charge in [-0.25, -0.2) is 4.98 Å². The number of Topliss-reactive ketones (excluding diaryl/α,β-unsaturated/α-hetero) is 1. The number of nitrogens with two attached hydrogens (primary N) is 1. The fourth-order valence-corrected chi connectivity index (χ4v) is 3.89. The van der Waals surface area contributed by atoms with Gasteiger partial charge in [0.1, 0.15) is 17.6 Å². The van der Waals surface area contributed by atoms with Gasteiger partial charge < -0.3 is 25.1 Å². The highest BCUT2D eigenvalue weighted by molar-refractivity contribution is 5.96. The molecule has 8 heteroatoms. The Morgan fingerprint density at radius 1 is 1.35 bits per heavy atom. The fraction of sp³-hybridized carbons (Fsp3) is 0.423. The molecule has 2 atom stereocenters. The zero-order valence-electron chi connectivity index (χ0n) is 19.5. The number of hydrogen-bond donors (Lipinski definition) is 2. The molecule has 34 heavy (non-hydrogen) atoms. The second-order valence-electron chi connectivity index (χ2n) is 9.24. The number of rotatable bonds is 9. The van der Waals surface area contributed by atoms with Crippen LogP contribution < -0.4 is 19.9 Å². The van der Waals surface area contributed by atoms with Gasteiger partial charge in [-0.15, -0.1) is 6.42 Å². The van der Waals surface area contributed by atoms with Gasteiger partial charge in [-0.2, -0.15) is 0 Å². The number of methoxy groups -OCH3 is 1. The molecule has 2 aromatic rings. The van der Waals surface area contributed by atoms with E-state index in [1.54, 1.807) is 38.1 Å². The van der Waals surface area contributed by atoms with Crippen LogP contribution in [0.1, 0.15) is 66.8 Å². The molecule has 0 spiro atoms. The van der Waals surface area contributed by atoms with Gasteiger partial charge in [-0.3, -0.25) is 9.59 Å². The standard InChI is InChI=1S/C26H28N2O6/c1-5-18-23-17(25(2,14-33-23)24(27)30)13-22(28-18)26(3,31)11-10-19(29)15-6-9-20(21(12-15)32-4)34-16-7-8-16/h1,6,9,12-13,16,31H,7-8,10-11,14H2,2-4H3,(H2,27,30)/t25-,26-/m0/s1. The summed E-state index contributed by atoms with van der Waals surface area (Å²) < 4.78 is 16.8. The molecule has 3 N–H and O–H groups in total. The fourth-order valence-electron chi connectivity index (χ4n) is 3.89. The van der Waals surface area contributed by atoms with Gasteiger partial charge in [0.05, 0.1) is 18.9 Å². The molecule has 2 heterocycles. The van der Waals surface area contributed by atoms with Crippen molar-refractivity contribution < 1.29 is 28.9 Å². The lowest BCUT2D eigenvalue weighted by Gasteiger charge is -2.25. The number of aromatic nitrogens is 1. The Morgan fingerprint density at radius 2 is 2.09 bits per heavy atom. The van der Waals surface area contributed by atoms with Crippen molar-refractivity contribution in [3.8, 4) is 29.6 Å². The molecule has 1 aromatic heterocycles. The topological polar surface area (TPSA) is 121 Å². The number of ketones is 1. The number of hydrogen-bond acceptors (Lipinski definition) is 7. The molecular formula is C26H28N2O6. The highest BCUT2D eigenvalue weighted by Gasteiger charge is 2.44. The first-order valence-electron chi connectivity index (χ1n) is 11.1. The highest BCUT2D eigenvalue weighted by atomic mass is 16.5. The van der Waals surface area contributed by atoms with Gasteiger partial charge in [0.25, 0.3) is 0 Å². The summed E-state index contributed by atoms with van der Waals surface area (Å²) in [6, 6.07) is 6.66. The minimum Gasteiger partial charge on any atom is -0.493 e. The van der Waals surface area contributed by atoms with Crippen LogP contribution in [0.2, 0.25) is 0 Å². The van der Waals surface area contributed by atoms with Gasteiger partial charge in [-0.1, -0.05) is 0 Å². The van der Waals surface area contributed by atoms with E-state index >= 15 is 0 Å². The van der Waals surface area contributed by atoms with Crippen LogP contribution in [0.5, 0.6) is 17.2 Å². The van der Waals surface area contributed by atoms with Crippen LogP contribution in [-0.2, 0) is 15.8 Å². The van der Waals surface area contributed by atoms with E-state index in [0.717, 1.165) is 12.8 Å². The van der Waals surface area contributed by atoms with Crippen molar-refractivity contribution in [2.24, 2.45) is 5.73 Å². The van der Waals surface area contributed by atoms with E-state index in [-0.39, 0.29) is 42.7 Å². The summed E-state index contributed by atoms with van der Waals surface area (Å²) in [6.45, 7) is 3.26. The van der Waals surface area contributed by atoms with E-state index in [1.165, 1.54) is 7.11 Å². The van der Waals surface area contributed by atoms with Gasteiger partial charge in [-0.05, 0) is 63.3 Å². The number of nitrogens with zero attached hydrogens (tertiary/aromatic N) is 1. The summed E-state index contributed by atoms with van der Waals surface area (Å²) >= 11 is 0. The van der Waals surface area contributed by atoms with Crippen LogP contribution in [0.4, 0.5) is 0 Å². The Balaban J connectivity index is 1.54. The summed E-state index contributed by atoms with van der Waals surface area (Å²) in [5, 5.41) is 11.2. The number of amides is 1. The van der Waals surface area contributed by atoms with Gasteiger partial charge in [0, 0.05) is 17.5 Å². The quantitative estimate of drug-likeness (QED) is 0.432. The van der Waals surface area contributed by atoms with Crippen molar-refractivity contribution >= 4 is 11.7 Å². The third-order valence-corrected chi connectivity index (χ3v) is 6.45. The maximum atomic E-state index is 12.9. The third kappa shape index (κ3) is 4.31. The van der Waals surface area contributed by atoms with E-state index in [2.05, 4.69) is 10.9 Å². The predicted octanol–water partition coefficient (Wildman–Crippen LogP) is 2.62. The first kappa shape index (κ1) is 23.6. The highest BCUT2D eigenvalue weighted by Crippen LogP contribution is 2.42. The molecule has 0 bridgehead atoms. The molecule has 0 saturated heterocycles. The van der Waals surface area contributed by atoms with E-state index < -0.39 is 16.9 Å². The number of aliphatic hydroxyl groups is 1. The molecule has 1 saturated carbocycles. The van der Waals surface area contributed by atoms with Crippen molar-refractivity contribution in [2.75, 3.05) is 13.7 Å². The smallest absolute Gasteiger partial charge is 0.231 e. The van der Waals surface area contributed by atoms with Crippen molar-refractivity contribution in [2.45, 2.75) is 56.7 Å². The second-order valence-corrected chi connectivity index (χ2v) is 9.24. The van der Waals surface area contributed by atoms with Crippen LogP contribution >= 0.6 is 0 Å². The molecule has 1 aliphatic carbocycles. The number of benzene rings is 1. The Hall–Kier alpha value is -3.57. The molecule has 4 rings (SSSR count). The lowest BCUT2D eigenvalue weighted by atomic mass is 9.82. The summed E-state index contributed by atoms with van der Waals surface area (Å²) in [5.74, 6) is 3.14. The lowest BCUT2D eigenvalue weighted by Crippen LogP contribution is -2.40. The Labute approximate surface area is 198 Å². The van der Waals surface area contributed by atoms with Crippen molar-refractivity contribution in [1.82, 2.24) is 4.98 Å². The number of pyridine rings is 1. The zero-order valence-corrected chi connectivity index (χ0v) is 19.5. The Kier molecular flexibility index (Phi) is 6.00. The van der Waals surface area contributed by atoms with Crippen molar-refractivity contribution in [3.05, 3.63) is 46.8 Å². The maximum absolute atomic E-state index is 12.9. The minimum atomic E-state index is -1.49. The van der Waals surface area contributed by atoms with Crippen molar-refractivity contribution in [3.63, 3.8) is 0 Å². The maximum Gasteiger partial charge on any atom is 0.231 e. The molecule has 1 aliphatic heterocycles. The Morgan fingerprint density at radius 3 is 2.71 bits per heavy atom. The average molecular weight is 465 g/mol. The first-order chi connectivity index (χ1) is 16.1.